The van der Waals surface area contributed by atoms with Gasteiger partial charge in [0.25, 0.3) is 0 Å². The van der Waals surface area contributed by atoms with E-state index in [1.165, 1.54) is 64.7 Å². The number of carboxylic acids is 1. The van der Waals surface area contributed by atoms with E-state index < -0.39 is 5.97 Å². The molecule has 4 N–H and O–H groups in total. The van der Waals surface area contributed by atoms with Crippen LogP contribution in [0, 0.1) is 17.8 Å². The van der Waals surface area contributed by atoms with E-state index in [4.69, 9.17) is 20.4 Å². The number of aliphatic carboxylic acids is 1. The molecule has 0 fully saturated rings. The number of hydrogen-bond donors (Lipinski definition) is 4. The third kappa shape index (κ3) is 39.0. The summed E-state index contributed by atoms with van der Waals surface area (Å²) in [6.45, 7) is 18.7. The maximum Gasteiger partial charge on any atom is 0.330 e. The molecule has 0 aromatic heterocycles. The summed E-state index contributed by atoms with van der Waals surface area (Å²) < 4.78 is 0. The first-order chi connectivity index (χ1) is 15.7. The van der Waals surface area contributed by atoms with E-state index in [-0.39, 0.29) is 27.3 Å². The van der Waals surface area contributed by atoms with Crippen LogP contribution in [0.3, 0.4) is 0 Å². The van der Waals surface area contributed by atoms with Gasteiger partial charge in [0.1, 0.15) is 0 Å². The maximum atomic E-state index is 9.60. The number of carbonyl (C=O) groups is 1. The number of aliphatic hydroxyl groups excluding tert-OH is 3. The first-order valence-corrected chi connectivity index (χ1v) is 13.4. The zero-order valence-corrected chi connectivity index (χ0v) is 25.3. The Morgan fingerprint density at radius 3 is 0.941 bits per heavy atom. The first-order valence-electron chi connectivity index (χ1n) is 13.4. The number of unbranched alkanes of at least 4 members (excludes halogenated alkanes) is 3. The molecule has 0 spiro atoms. The molecule has 0 aliphatic rings. The minimum absolute atomic E-state index is 0. The summed E-state index contributed by atoms with van der Waals surface area (Å²) in [5.41, 5.74) is 0.176. The molecule has 0 saturated carbocycles. The molecule has 6 heteroatoms. The Kier molecular flexibility index (Phi) is 48.2. The van der Waals surface area contributed by atoms with Gasteiger partial charge in [0.2, 0.25) is 0 Å². The monoisotopic (exact) mass is 524 g/mol. The molecule has 0 amide bonds. The summed E-state index contributed by atoms with van der Waals surface area (Å²) in [6.07, 6.45) is 14.5. The van der Waals surface area contributed by atoms with Crippen LogP contribution in [0.5, 0.6) is 0 Å². The second kappa shape index (κ2) is 37.4. The average molecular weight is 525 g/mol. The van der Waals surface area contributed by atoms with Crippen molar-refractivity contribution in [1.29, 1.82) is 0 Å². The minimum Gasteiger partial charge on any atom is -0.478 e. The molecule has 34 heavy (non-hydrogen) atoms. The Bertz CT molecular complexity index is 329. The van der Waals surface area contributed by atoms with Gasteiger partial charge in [-0.3, -0.25) is 0 Å². The molecule has 3 unspecified atom stereocenters. The molecular formula is C28H60O5Ti. The Morgan fingerprint density at radius 1 is 0.647 bits per heavy atom. The van der Waals surface area contributed by atoms with Gasteiger partial charge in [-0.2, -0.15) is 0 Å². The minimum atomic E-state index is -0.935. The summed E-state index contributed by atoms with van der Waals surface area (Å²) in [7, 11) is 0. The predicted octanol–water partition coefficient (Wildman–Crippen LogP) is 7.23. The molecule has 0 bridgehead atoms. The van der Waals surface area contributed by atoms with Crippen LogP contribution < -0.4 is 0 Å². The fourth-order valence-corrected chi connectivity index (χ4v) is 2.75. The van der Waals surface area contributed by atoms with Gasteiger partial charge < -0.3 is 20.4 Å². The fourth-order valence-electron chi connectivity index (χ4n) is 2.75. The van der Waals surface area contributed by atoms with E-state index in [0.717, 1.165) is 19.3 Å². The van der Waals surface area contributed by atoms with Crippen LogP contribution in [0.1, 0.15) is 126 Å². The molecule has 0 radical (unpaired) electrons. The normalized spacial score (nSPS) is 12.2. The third-order valence-corrected chi connectivity index (χ3v) is 5.77. The van der Waals surface area contributed by atoms with Crippen LogP contribution in [-0.2, 0) is 26.5 Å². The molecule has 0 aromatic rings. The summed E-state index contributed by atoms with van der Waals surface area (Å²) in [4.78, 5) is 9.60. The van der Waals surface area contributed by atoms with E-state index in [2.05, 4.69) is 48.1 Å². The van der Waals surface area contributed by atoms with E-state index in [0.29, 0.717) is 37.6 Å². The van der Waals surface area contributed by atoms with Crippen molar-refractivity contribution in [3.63, 3.8) is 0 Å². The van der Waals surface area contributed by atoms with E-state index in [1.54, 1.807) is 0 Å². The number of rotatable bonds is 16. The van der Waals surface area contributed by atoms with Gasteiger partial charge in [0.05, 0.1) is 0 Å². The van der Waals surface area contributed by atoms with Crippen molar-refractivity contribution in [3.05, 3.63) is 12.2 Å². The second-order valence-corrected chi connectivity index (χ2v) is 8.88. The predicted molar refractivity (Wildman–Crippen MR) is 144 cm³/mol. The summed E-state index contributed by atoms with van der Waals surface area (Å²) in [5, 5.41) is 34.1. The van der Waals surface area contributed by atoms with E-state index >= 15 is 0 Å². The quantitative estimate of drug-likeness (QED) is 0.126. The van der Waals surface area contributed by atoms with Crippen LogP contribution in [0.15, 0.2) is 12.2 Å². The standard InChI is InChI=1S/3C8H18O.C4H6O2.Ti/c3*1-3-5-6-8(4-2)7-9;1-3(2)4(5)6;/h3*8-9H,3-7H2,1-2H3;1H2,2H3,(H,5,6);. The summed E-state index contributed by atoms with van der Waals surface area (Å²) in [5.74, 6) is 0.745. The van der Waals surface area contributed by atoms with Crippen LogP contribution in [0.2, 0.25) is 0 Å². The van der Waals surface area contributed by atoms with Gasteiger partial charge >= 0.3 is 5.97 Å². The Labute approximate surface area is 227 Å². The summed E-state index contributed by atoms with van der Waals surface area (Å²) >= 11 is 0. The van der Waals surface area contributed by atoms with E-state index in [9.17, 15) is 4.79 Å². The van der Waals surface area contributed by atoms with Gasteiger partial charge in [-0.25, -0.2) is 4.79 Å². The van der Waals surface area contributed by atoms with Crippen LogP contribution in [0.4, 0.5) is 0 Å². The molecule has 5 nitrogen and oxygen atoms in total. The van der Waals surface area contributed by atoms with Crippen LogP contribution in [0.25, 0.3) is 0 Å². The van der Waals surface area contributed by atoms with Crippen molar-refractivity contribution in [3.8, 4) is 0 Å². The van der Waals surface area contributed by atoms with Crippen molar-refractivity contribution < 1.29 is 46.9 Å². The largest absolute Gasteiger partial charge is 0.478 e. The molecule has 206 valence electrons. The smallest absolute Gasteiger partial charge is 0.330 e. The SMILES string of the molecule is C=C(C)C(=O)O.CCCCC(CC)CO.CCCCC(CC)CO.CCCCC(CC)CO.[Ti]. The molecule has 0 aliphatic heterocycles. The Morgan fingerprint density at radius 2 is 0.853 bits per heavy atom. The number of hydrogen-bond acceptors (Lipinski definition) is 4. The number of aliphatic hydroxyl groups is 3. The molecule has 0 aromatic carbocycles. The zero-order chi connectivity index (χ0) is 26.5. The van der Waals surface area contributed by atoms with Gasteiger partial charge in [0.15, 0.2) is 0 Å². The van der Waals surface area contributed by atoms with Crippen molar-refractivity contribution >= 4 is 5.97 Å². The summed E-state index contributed by atoms with van der Waals surface area (Å²) in [6, 6.07) is 0. The maximum absolute atomic E-state index is 9.60. The average Bonchev–Trinajstić information content (AvgIpc) is 2.82. The molecule has 0 rings (SSSR count). The van der Waals surface area contributed by atoms with Crippen LogP contribution in [-0.4, -0.2) is 46.2 Å². The first kappa shape index (κ1) is 43.8. The molecule has 0 heterocycles. The van der Waals surface area contributed by atoms with Crippen LogP contribution >= 0.6 is 0 Å². The topological polar surface area (TPSA) is 98.0 Å². The molecular weight excluding hydrogens is 464 g/mol. The second-order valence-electron chi connectivity index (χ2n) is 8.88. The van der Waals surface area contributed by atoms with Crippen molar-refractivity contribution in [1.82, 2.24) is 0 Å². The van der Waals surface area contributed by atoms with E-state index in [1.807, 2.05) is 0 Å². The van der Waals surface area contributed by atoms with Gasteiger partial charge in [-0.15, -0.1) is 0 Å². The Balaban J connectivity index is -0.000000110. The zero-order valence-electron chi connectivity index (χ0n) is 23.7. The van der Waals surface area contributed by atoms with Gasteiger partial charge in [-0.05, 0) is 43.9 Å². The van der Waals surface area contributed by atoms with Gasteiger partial charge in [-0.1, -0.05) is 106 Å². The number of carboxylic acid groups (broad SMARTS) is 1. The molecule has 3 atom stereocenters. The molecule has 0 saturated heterocycles. The van der Waals surface area contributed by atoms with Crippen molar-refractivity contribution in [2.24, 2.45) is 17.8 Å². The fraction of sp³-hybridized carbons (Fsp3) is 0.893. The van der Waals surface area contributed by atoms with Gasteiger partial charge in [0, 0.05) is 47.1 Å². The third-order valence-electron chi connectivity index (χ3n) is 5.77. The Hall–Kier alpha value is -0.196. The van der Waals surface area contributed by atoms with Crippen molar-refractivity contribution in [2.75, 3.05) is 19.8 Å². The molecule has 0 aliphatic carbocycles. The van der Waals surface area contributed by atoms with Crippen molar-refractivity contribution in [2.45, 2.75) is 126 Å².